The molecule has 27 heavy (non-hydrogen) atoms. The largest absolute Gasteiger partial charge is 0.326 e. The third-order valence-corrected chi connectivity index (χ3v) is 3.75. The Morgan fingerprint density at radius 3 is 2.48 bits per heavy atom. The Morgan fingerprint density at radius 1 is 1.07 bits per heavy atom. The number of anilines is 2. The number of nitrogens with one attached hydrogen (secondary N) is 2. The van der Waals surface area contributed by atoms with Crippen LogP contribution in [0.3, 0.4) is 0 Å². The topological polar surface area (TPSA) is 111 Å². The van der Waals surface area contributed by atoms with Crippen LogP contribution >= 0.6 is 0 Å². The quantitative estimate of drug-likeness (QED) is 0.712. The number of amides is 2. The lowest BCUT2D eigenvalue weighted by atomic mass is 10.2. The number of carbonyl (C=O) groups excluding carboxylic acids is 2. The average molecular weight is 366 g/mol. The van der Waals surface area contributed by atoms with E-state index in [-0.39, 0.29) is 5.91 Å². The van der Waals surface area contributed by atoms with Crippen LogP contribution in [-0.4, -0.2) is 31.4 Å². The van der Waals surface area contributed by atoms with Crippen molar-refractivity contribution < 1.29 is 9.59 Å². The van der Waals surface area contributed by atoms with Crippen molar-refractivity contribution in [2.45, 2.75) is 19.9 Å². The van der Waals surface area contributed by atoms with Gasteiger partial charge in [0.05, 0.1) is 0 Å². The standard InChI is InChI=1S/C18H18N6O3/c1-12(18(27)21-15-6-3-5-14(11-15)20-13(2)25)24-17(26)8-7-16(22-24)23-10-4-9-19-23/h3-12H,1-2H3,(H,20,25)(H,21,27). The first kappa shape index (κ1) is 18.1. The minimum atomic E-state index is -0.850. The van der Waals surface area contributed by atoms with Crippen LogP contribution in [0.25, 0.3) is 5.82 Å². The van der Waals surface area contributed by atoms with E-state index in [1.54, 1.807) is 49.6 Å². The van der Waals surface area contributed by atoms with Gasteiger partial charge >= 0.3 is 0 Å². The summed E-state index contributed by atoms with van der Waals surface area (Å²) in [6.07, 6.45) is 3.28. The van der Waals surface area contributed by atoms with Crippen LogP contribution in [0.4, 0.5) is 11.4 Å². The Bertz CT molecular complexity index is 1030. The maximum Gasteiger partial charge on any atom is 0.267 e. The van der Waals surface area contributed by atoms with E-state index < -0.39 is 17.5 Å². The average Bonchev–Trinajstić information content (AvgIpc) is 3.16. The zero-order valence-electron chi connectivity index (χ0n) is 14.8. The van der Waals surface area contributed by atoms with Gasteiger partial charge in [0.1, 0.15) is 6.04 Å². The van der Waals surface area contributed by atoms with E-state index in [0.717, 1.165) is 4.68 Å². The van der Waals surface area contributed by atoms with Gasteiger partial charge in [0.2, 0.25) is 11.8 Å². The molecule has 138 valence electrons. The molecule has 0 aliphatic carbocycles. The summed E-state index contributed by atoms with van der Waals surface area (Å²) in [5.74, 6) is -0.202. The van der Waals surface area contributed by atoms with Crippen LogP contribution in [0.5, 0.6) is 0 Å². The van der Waals surface area contributed by atoms with Gasteiger partial charge in [-0.3, -0.25) is 14.4 Å². The fourth-order valence-corrected chi connectivity index (χ4v) is 2.45. The van der Waals surface area contributed by atoms with Gasteiger partial charge in [0, 0.05) is 36.8 Å². The first-order valence-electron chi connectivity index (χ1n) is 8.22. The highest BCUT2D eigenvalue weighted by molar-refractivity contribution is 5.95. The predicted molar refractivity (Wildman–Crippen MR) is 99.7 cm³/mol. The van der Waals surface area contributed by atoms with E-state index >= 15 is 0 Å². The van der Waals surface area contributed by atoms with Crippen molar-refractivity contribution >= 4 is 23.2 Å². The zero-order chi connectivity index (χ0) is 19.4. The molecule has 2 amide bonds. The fourth-order valence-electron chi connectivity index (χ4n) is 2.45. The fraction of sp³-hybridized carbons (Fsp3) is 0.167. The molecule has 1 atom stereocenters. The molecule has 0 bridgehead atoms. The summed E-state index contributed by atoms with van der Waals surface area (Å²) in [7, 11) is 0. The summed E-state index contributed by atoms with van der Waals surface area (Å²) in [6, 6.07) is 10.5. The molecule has 0 saturated carbocycles. The number of aromatic nitrogens is 4. The molecule has 0 spiro atoms. The van der Waals surface area contributed by atoms with Crippen molar-refractivity contribution in [1.82, 2.24) is 19.6 Å². The Hall–Kier alpha value is -3.75. The molecule has 1 unspecified atom stereocenters. The second-order valence-corrected chi connectivity index (χ2v) is 5.85. The monoisotopic (exact) mass is 366 g/mol. The summed E-state index contributed by atoms with van der Waals surface area (Å²) in [5.41, 5.74) is 0.652. The van der Waals surface area contributed by atoms with E-state index in [2.05, 4.69) is 20.8 Å². The molecule has 0 fully saturated rings. The van der Waals surface area contributed by atoms with E-state index in [4.69, 9.17) is 0 Å². The predicted octanol–water partition coefficient (Wildman–Crippen LogP) is 1.59. The third-order valence-electron chi connectivity index (χ3n) is 3.75. The van der Waals surface area contributed by atoms with Gasteiger partial charge in [-0.2, -0.15) is 5.10 Å². The Kier molecular flexibility index (Phi) is 5.11. The minimum absolute atomic E-state index is 0.210. The van der Waals surface area contributed by atoms with Crippen molar-refractivity contribution in [3.05, 3.63) is 65.2 Å². The molecule has 1 aromatic carbocycles. The SMILES string of the molecule is CC(=O)Nc1cccc(NC(=O)C(C)n2nc(-n3cccn3)ccc2=O)c1. The maximum atomic E-state index is 12.6. The van der Waals surface area contributed by atoms with Crippen molar-refractivity contribution in [2.75, 3.05) is 10.6 Å². The first-order valence-corrected chi connectivity index (χ1v) is 8.22. The number of nitrogens with zero attached hydrogens (tertiary/aromatic N) is 4. The van der Waals surface area contributed by atoms with E-state index in [0.29, 0.717) is 17.2 Å². The molecule has 3 rings (SSSR count). The van der Waals surface area contributed by atoms with E-state index in [9.17, 15) is 14.4 Å². The van der Waals surface area contributed by atoms with Crippen molar-refractivity contribution in [3.63, 3.8) is 0 Å². The molecular weight excluding hydrogens is 348 g/mol. The maximum absolute atomic E-state index is 12.6. The lowest BCUT2D eigenvalue weighted by molar-refractivity contribution is -0.119. The van der Waals surface area contributed by atoms with Crippen LogP contribution in [0.1, 0.15) is 19.9 Å². The smallest absolute Gasteiger partial charge is 0.267 e. The van der Waals surface area contributed by atoms with Gasteiger partial charge < -0.3 is 10.6 Å². The van der Waals surface area contributed by atoms with Crippen LogP contribution in [0, 0.1) is 0 Å². The highest BCUT2D eigenvalue weighted by Gasteiger charge is 2.18. The van der Waals surface area contributed by atoms with Crippen molar-refractivity contribution in [2.24, 2.45) is 0 Å². The molecule has 0 aliphatic heterocycles. The Labute approximate surface area is 154 Å². The van der Waals surface area contributed by atoms with E-state index in [1.165, 1.54) is 23.7 Å². The number of hydrogen-bond acceptors (Lipinski definition) is 5. The number of carbonyl (C=O) groups is 2. The lowest BCUT2D eigenvalue weighted by Crippen LogP contribution is -2.33. The van der Waals surface area contributed by atoms with Crippen LogP contribution in [0.2, 0.25) is 0 Å². The van der Waals surface area contributed by atoms with Gasteiger partial charge in [-0.1, -0.05) is 6.07 Å². The number of rotatable bonds is 5. The number of hydrogen-bond donors (Lipinski definition) is 2. The zero-order valence-corrected chi connectivity index (χ0v) is 14.8. The normalized spacial score (nSPS) is 11.6. The molecule has 0 radical (unpaired) electrons. The summed E-state index contributed by atoms with van der Waals surface area (Å²) < 4.78 is 2.60. The van der Waals surface area contributed by atoms with Gasteiger partial charge in [-0.25, -0.2) is 9.36 Å². The molecule has 3 aromatic rings. The van der Waals surface area contributed by atoms with Crippen LogP contribution < -0.4 is 16.2 Å². The molecule has 0 saturated heterocycles. The first-order chi connectivity index (χ1) is 12.9. The Balaban J connectivity index is 1.81. The third kappa shape index (κ3) is 4.27. The van der Waals surface area contributed by atoms with Gasteiger partial charge in [-0.15, -0.1) is 5.10 Å². The molecule has 2 N–H and O–H groups in total. The Morgan fingerprint density at radius 2 is 1.81 bits per heavy atom. The molecule has 9 heteroatoms. The lowest BCUT2D eigenvalue weighted by Gasteiger charge is -2.15. The molecule has 2 heterocycles. The van der Waals surface area contributed by atoms with E-state index in [1.807, 2.05) is 0 Å². The van der Waals surface area contributed by atoms with Crippen molar-refractivity contribution in [1.29, 1.82) is 0 Å². The summed E-state index contributed by atoms with van der Waals surface area (Å²) in [5, 5.41) is 13.7. The second-order valence-electron chi connectivity index (χ2n) is 5.85. The van der Waals surface area contributed by atoms with Crippen LogP contribution in [-0.2, 0) is 9.59 Å². The van der Waals surface area contributed by atoms with Crippen LogP contribution in [0.15, 0.2) is 59.7 Å². The van der Waals surface area contributed by atoms with Crippen molar-refractivity contribution in [3.8, 4) is 5.82 Å². The summed E-state index contributed by atoms with van der Waals surface area (Å²) in [6.45, 7) is 2.98. The summed E-state index contributed by atoms with van der Waals surface area (Å²) in [4.78, 5) is 35.9. The van der Waals surface area contributed by atoms with Gasteiger partial charge in [0.25, 0.3) is 5.56 Å². The highest BCUT2D eigenvalue weighted by Crippen LogP contribution is 2.16. The highest BCUT2D eigenvalue weighted by atomic mass is 16.2. The summed E-state index contributed by atoms with van der Waals surface area (Å²) >= 11 is 0. The number of benzene rings is 1. The molecule has 9 nitrogen and oxygen atoms in total. The van der Waals surface area contributed by atoms with Gasteiger partial charge in [-0.05, 0) is 37.3 Å². The minimum Gasteiger partial charge on any atom is -0.326 e. The molecular formula is C18H18N6O3. The molecule has 2 aromatic heterocycles. The van der Waals surface area contributed by atoms with Gasteiger partial charge in [0.15, 0.2) is 5.82 Å². The second kappa shape index (κ2) is 7.65. The molecule has 0 aliphatic rings.